The third-order valence-corrected chi connectivity index (χ3v) is 1.95. The summed E-state index contributed by atoms with van der Waals surface area (Å²) >= 11 is 0. The van der Waals surface area contributed by atoms with E-state index in [1.807, 2.05) is 0 Å². The normalized spacial score (nSPS) is 12.5. The number of carbonyl (C=O) groups excluding carboxylic acids is 1. The second kappa shape index (κ2) is 7.27. The van der Waals surface area contributed by atoms with E-state index in [1.54, 1.807) is 6.92 Å². The highest BCUT2D eigenvalue weighted by Gasteiger charge is 2.30. The second-order valence-corrected chi connectivity index (χ2v) is 3.48. The van der Waals surface area contributed by atoms with Gasteiger partial charge in [-0.3, -0.25) is 0 Å². The molecule has 0 aromatic heterocycles. The van der Waals surface area contributed by atoms with Crippen LogP contribution in [0.2, 0.25) is 0 Å². The summed E-state index contributed by atoms with van der Waals surface area (Å²) in [5, 5.41) is 15.8. The lowest BCUT2D eigenvalue weighted by Crippen LogP contribution is -2.16. The molecule has 0 atom stereocenters. The molecule has 0 saturated carbocycles. The summed E-state index contributed by atoms with van der Waals surface area (Å²) < 4.78 is 44.1. The number of halogens is 3. The van der Waals surface area contributed by atoms with Crippen LogP contribution < -0.4 is 4.74 Å². The van der Waals surface area contributed by atoms with Crippen LogP contribution in [0.1, 0.15) is 6.92 Å². The van der Waals surface area contributed by atoms with E-state index in [4.69, 9.17) is 5.11 Å². The number of alkyl halides is 3. The molecule has 0 bridgehead atoms. The molecule has 114 valence electrons. The number of hydrogen-bond donors (Lipinski definition) is 1. The molecule has 0 aliphatic carbocycles. The van der Waals surface area contributed by atoms with E-state index in [9.17, 15) is 18.0 Å². The van der Waals surface area contributed by atoms with E-state index >= 15 is 0 Å². The standard InChI is InChI=1S/C12H11F3N2O4/c1-2-20-11(19)10(7-18)17-16-8-3-5-9(6-4-8)21-12(13,14)15/h3-7,18H,2H2,1H3. The molecular weight excluding hydrogens is 293 g/mol. The Hall–Kier alpha value is -2.58. The monoisotopic (exact) mass is 304 g/mol. The zero-order valence-electron chi connectivity index (χ0n) is 10.8. The molecular formula is C12H11F3N2O4. The summed E-state index contributed by atoms with van der Waals surface area (Å²) in [6.45, 7) is 1.67. The van der Waals surface area contributed by atoms with Crippen LogP contribution in [-0.2, 0) is 9.53 Å². The van der Waals surface area contributed by atoms with Crippen LogP contribution in [0.25, 0.3) is 0 Å². The third-order valence-electron chi connectivity index (χ3n) is 1.95. The predicted octanol–water partition coefficient (Wildman–Crippen LogP) is 3.63. The van der Waals surface area contributed by atoms with Gasteiger partial charge in [0.2, 0.25) is 5.70 Å². The Balaban J connectivity index is 2.75. The zero-order chi connectivity index (χ0) is 15.9. The predicted molar refractivity (Wildman–Crippen MR) is 65.0 cm³/mol. The topological polar surface area (TPSA) is 80.5 Å². The van der Waals surface area contributed by atoms with E-state index in [0.29, 0.717) is 6.26 Å². The first-order valence-electron chi connectivity index (χ1n) is 5.64. The highest BCUT2D eigenvalue weighted by atomic mass is 19.4. The minimum absolute atomic E-state index is 0.0924. The lowest BCUT2D eigenvalue weighted by Gasteiger charge is -2.08. The minimum Gasteiger partial charge on any atom is -0.513 e. The minimum atomic E-state index is -4.78. The summed E-state index contributed by atoms with van der Waals surface area (Å²) in [6.07, 6.45) is -4.36. The van der Waals surface area contributed by atoms with Crippen LogP contribution in [0.15, 0.2) is 46.5 Å². The van der Waals surface area contributed by atoms with E-state index in [2.05, 4.69) is 19.7 Å². The number of carbonyl (C=O) groups is 1. The molecule has 0 aliphatic rings. The van der Waals surface area contributed by atoms with Crippen molar-refractivity contribution in [2.75, 3.05) is 6.61 Å². The maximum Gasteiger partial charge on any atom is 0.573 e. The van der Waals surface area contributed by atoms with Crippen LogP contribution in [0, 0.1) is 0 Å². The van der Waals surface area contributed by atoms with Gasteiger partial charge >= 0.3 is 12.3 Å². The SMILES string of the molecule is CCOC(=O)C(=CO)N=Nc1ccc(OC(F)(F)F)cc1. The van der Waals surface area contributed by atoms with Crippen LogP contribution >= 0.6 is 0 Å². The van der Waals surface area contributed by atoms with Gasteiger partial charge in [0.15, 0.2) is 0 Å². The van der Waals surface area contributed by atoms with Gasteiger partial charge in [0, 0.05) is 0 Å². The summed E-state index contributed by atoms with van der Waals surface area (Å²) in [7, 11) is 0. The fourth-order valence-electron chi connectivity index (χ4n) is 1.15. The van der Waals surface area contributed by atoms with Crippen molar-refractivity contribution >= 4 is 11.7 Å². The molecule has 9 heteroatoms. The quantitative estimate of drug-likeness (QED) is 0.390. The largest absolute Gasteiger partial charge is 0.573 e. The molecule has 0 aliphatic heterocycles. The van der Waals surface area contributed by atoms with Gasteiger partial charge in [-0.25, -0.2) is 4.79 Å². The number of aliphatic hydroxyl groups is 1. The Labute approximate surface area is 117 Å². The molecule has 0 spiro atoms. The molecule has 21 heavy (non-hydrogen) atoms. The average molecular weight is 304 g/mol. The molecule has 1 rings (SSSR count). The number of azo groups is 1. The van der Waals surface area contributed by atoms with Crippen molar-refractivity contribution in [1.82, 2.24) is 0 Å². The van der Waals surface area contributed by atoms with Crippen molar-refractivity contribution in [3.8, 4) is 5.75 Å². The molecule has 1 N–H and O–H groups in total. The van der Waals surface area contributed by atoms with Crippen molar-refractivity contribution in [1.29, 1.82) is 0 Å². The Kier molecular flexibility index (Phi) is 5.70. The van der Waals surface area contributed by atoms with E-state index in [-0.39, 0.29) is 12.3 Å². The number of ether oxygens (including phenoxy) is 2. The lowest BCUT2D eigenvalue weighted by molar-refractivity contribution is -0.274. The maximum atomic E-state index is 12.0. The molecule has 0 saturated heterocycles. The molecule has 6 nitrogen and oxygen atoms in total. The van der Waals surface area contributed by atoms with Crippen LogP contribution in [0.5, 0.6) is 5.75 Å². The number of rotatable bonds is 5. The Morgan fingerprint density at radius 2 is 1.95 bits per heavy atom. The fraction of sp³-hybridized carbons (Fsp3) is 0.250. The van der Waals surface area contributed by atoms with Gasteiger partial charge in [0.05, 0.1) is 12.3 Å². The number of aliphatic hydroxyl groups excluding tert-OH is 1. The number of hydrogen-bond acceptors (Lipinski definition) is 6. The van der Waals surface area contributed by atoms with E-state index < -0.39 is 23.8 Å². The highest BCUT2D eigenvalue weighted by molar-refractivity contribution is 5.87. The Morgan fingerprint density at radius 1 is 1.33 bits per heavy atom. The molecule has 0 fully saturated rings. The Morgan fingerprint density at radius 3 is 2.43 bits per heavy atom. The first-order valence-corrected chi connectivity index (χ1v) is 5.64. The summed E-state index contributed by atoms with van der Waals surface area (Å²) in [6, 6.07) is 4.47. The molecule has 0 heterocycles. The summed E-state index contributed by atoms with van der Waals surface area (Å²) in [4.78, 5) is 11.3. The van der Waals surface area contributed by atoms with Crippen molar-refractivity contribution in [3.05, 3.63) is 36.2 Å². The smallest absolute Gasteiger partial charge is 0.513 e. The van der Waals surface area contributed by atoms with Gasteiger partial charge in [-0.15, -0.1) is 18.3 Å². The fourth-order valence-corrected chi connectivity index (χ4v) is 1.15. The van der Waals surface area contributed by atoms with Crippen molar-refractivity contribution in [2.45, 2.75) is 13.3 Å². The van der Waals surface area contributed by atoms with Gasteiger partial charge in [-0.1, -0.05) is 0 Å². The number of esters is 1. The second-order valence-electron chi connectivity index (χ2n) is 3.48. The van der Waals surface area contributed by atoms with Gasteiger partial charge < -0.3 is 14.6 Å². The first-order chi connectivity index (χ1) is 9.85. The van der Waals surface area contributed by atoms with Crippen LogP contribution in [0.4, 0.5) is 18.9 Å². The molecule has 1 aromatic rings. The zero-order valence-corrected chi connectivity index (χ0v) is 10.8. The van der Waals surface area contributed by atoms with Crippen molar-refractivity contribution in [3.63, 3.8) is 0 Å². The molecule has 1 aromatic carbocycles. The average Bonchev–Trinajstić information content (AvgIpc) is 2.40. The number of benzene rings is 1. The van der Waals surface area contributed by atoms with Gasteiger partial charge in [-0.2, -0.15) is 5.11 Å². The first kappa shape index (κ1) is 16.5. The van der Waals surface area contributed by atoms with Gasteiger partial charge in [-0.05, 0) is 31.2 Å². The van der Waals surface area contributed by atoms with Crippen LogP contribution in [-0.4, -0.2) is 24.0 Å². The Bertz CT molecular complexity index is 538. The summed E-state index contributed by atoms with van der Waals surface area (Å²) in [5.41, 5.74) is -0.277. The highest BCUT2D eigenvalue weighted by Crippen LogP contribution is 2.25. The van der Waals surface area contributed by atoms with Crippen LogP contribution in [0.3, 0.4) is 0 Å². The molecule has 0 amide bonds. The summed E-state index contributed by atoms with van der Waals surface area (Å²) in [5.74, 6) is -1.29. The third kappa shape index (κ3) is 5.93. The molecule has 0 radical (unpaired) electrons. The van der Waals surface area contributed by atoms with E-state index in [1.165, 1.54) is 12.1 Å². The lowest BCUT2D eigenvalue weighted by atomic mass is 10.3. The number of nitrogens with zero attached hydrogens (tertiary/aromatic N) is 2. The van der Waals surface area contributed by atoms with Crippen molar-refractivity contribution in [2.24, 2.45) is 10.2 Å². The van der Waals surface area contributed by atoms with Gasteiger partial charge in [0.1, 0.15) is 12.0 Å². The van der Waals surface area contributed by atoms with Crippen molar-refractivity contribution < 1.29 is 32.5 Å². The van der Waals surface area contributed by atoms with E-state index in [0.717, 1.165) is 12.1 Å². The maximum absolute atomic E-state index is 12.0. The molecule has 0 unspecified atom stereocenters. The van der Waals surface area contributed by atoms with Gasteiger partial charge in [0.25, 0.3) is 0 Å².